The molecule has 0 spiro atoms. The highest BCUT2D eigenvalue weighted by Crippen LogP contribution is 2.27. The van der Waals surface area contributed by atoms with Crippen molar-refractivity contribution < 1.29 is 9.53 Å². The van der Waals surface area contributed by atoms with Crippen LogP contribution < -0.4 is 5.32 Å². The largest absolute Gasteiger partial charge is 0.383 e. The number of benzene rings is 1. The summed E-state index contributed by atoms with van der Waals surface area (Å²) in [5, 5.41) is 4.93. The Bertz CT molecular complexity index is 810. The first-order valence-electron chi connectivity index (χ1n) is 6.75. The third-order valence-corrected chi connectivity index (χ3v) is 4.32. The van der Waals surface area contributed by atoms with Gasteiger partial charge in [-0.05, 0) is 30.7 Å². The standard InChI is InChI=1S/C16H16N2O2S/c1-10-3-4-11-8-12-9-14(15(19)17-5-6-20-2)21-16(12)18-13(11)7-10/h3-4,7-9H,5-6H2,1-2H3,(H,17,19). The fraction of sp³-hybridized carbons (Fsp3) is 0.250. The number of ether oxygens (including phenoxy) is 1. The van der Waals surface area contributed by atoms with Crippen LogP contribution in [0.1, 0.15) is 15.2 Å². The van der Waals surface area contributed by atoms with Crippen LogP contribution >= 0.6 is 11.3 Å². The van der Waals surface area contributed by atoms with E-state index in [0.29, 0.717) is 18.0 Å². The van der Waals surface area contributed by atoms with Crippen molar-refractivity contribution in [3.8, 4) is 0 Å². The Labute approximate surface area is 126 Å². The van der Waals surface area contributed by atoms with E-state index in [0.717, 1.165) is 21.1 Å². The minimum atomic E-state index is -0.0738. The molecule has 5 heteroatoms. The Morgan fingerprint density at radius 1 is 1.29 bits per heavy atom. The van der Waals surface area contributed by atoms with Gasteiger partial charge in [-0.25, -0.2) is 4.98 Å². The summed E-state index contributed by atoms with van der Waals surface area (Å²) in [6, 6.07) is 10.2. The Kier molecular flexibility index (Phi) is 3.86. The van der Waals surface area contributed by atoms with Gasteiger partial charge in [0.05, 0.1) is 17.0 Å². The number of carbonyl (C=O) groups is 1. The maximum Gasteiger partial charge on any atom is 0.261 e. The first-order chi connectivity index (χ1) is 10.2. The van der Waals surface area contributed by atoms with E-state index in [2.05, 4.69) is 41.5 Å². The van der Waals surface area contributed by atoms with Gasteiger partial charge in [0.1, 0.15) is 4.83 Å². The zero-order valence-electron chi connectivity index (χ0n) is 12.0. The molecular weight excluding hydrogens is 284 g/mol. The summed E-state index contributed by atoms with van der Waals surface area (Å²) in [6.07, 6.45) is 0. The van der Waals surface area contributed by atoms with Gasteiger partial charge in [-0.15, -0.1) is 11.3 Å². The van der Waals surface area contributed by atoms with Crippen LogP contribution in [-0.4, -0.2) is 31.2 Å². The molecule has 0 saturated carbocycles. The monoisotopic (exact) mass is 300 g/mol. The zero-order chi connectivity index (χ0) is 14.8. The summed E-state index contributed by atoms with van der Waals surface area (Å²) >= 11 is 1.42. The average molecular weight is 300 g/mol. The molecule has 3 rings (SSSR count). The molecule has 4 nitrogen and oxygen atoms in total. The number of hydrogen-bond acceptors (Lipinski definition) is 4. The van der Waals surface area contributed by atoms with Crippen molar-refractivity contribution in [1.82, 2.24) is 10.3 Å². The average Bonchev–Trinajstić information content (AvgIpc) is 2.87. The molecule has 0 atom stereocenters. The second-order valence-corrected chi connectivity index (χ2v) is 5.97. The van der Waals surface area contributed by atoms with Crippen LogP contribution in [0.3, 0.4) is 0 Å². The number of thiophene rings is 1. The molecule has 1 N–H and O–H groups in total. The van der Waals surface area contributed by atoms with E-state index in [1.54, 1.807) is 7.11 Å². The SMILES string of the molecule is COCCNC(=O)c1cc2cc3ccc(C)cc3nc2s1. The normalized spacial score (nSPS) is 11.1. The molecule has 2 heterocycles. The van der Waals surface area contributed by atoms with E-state index in [1.807, 2.05) is 6.07 Å². The summed E-state index contributed by atoms with van der Waals surface area (Å²) in [6.45, 7) is 3.07. The molecule has 0 saturated heterocycles. The molecule has 2 aromatic heterocycles. The van der Waals surface area contributed by atoms with E-state index in [1.165, 1.54) is 16.9 Å². The molecule has 108 valence electrons. The van der Waals surface area contributed by atoms with E-state index >= 15 is 0 Å². The number of carbonyl (C=O) groups excluding carboxylic acids is 1. The van der Waals surface area contributed by atoms with Crippen LogP contribution in [-0.2, 0) is 4.74 Å². The Morgan fingerprint density at radius 2 is 2.14 bits per heavy atom. The predicted molar refractivity (Wildman–Crippen MR) is 86.1 cm³/mol. The smallest absolute Gasteiger partial charge is 0.261 e. The summed E-state index contributed by atoms with van der Waals surface area (Å²) in [7, 11) is 1.61. The first-order valence-corrected chi connectivity index (χ1v) is 7.57. The van der Waals surface area contributed by atoms with Gasteiger partial charge in [0.2, 0.25) is 0 Å². The lowest BCUT2D eigenvalue weighted by Gasteiger charge is -2.00. The van der Waals surface area contributed by atoms with Gasteiger partial charge >= 0.3 is 0 Å². The molecule has 0 radical (unpaired) electrons. The van der Waals surface area contributed by atoms with Crippen LogP contribution in [0.5, 0.6) is 0 Å². The molecule has 0 fully saturated rings. The molecule has 0 aliphatic heterocycles. The van der Waals surface area contributed by atoms with Crippen LogP contribution in [0.4, 0.5) is 0 Å². The van der Waals surface area contributed by atoms with E-state index in [9.17, 15) is 4.79 Å². The minimum absolute atomic E-state index is 0.0738. The molecule has 1 amide bonds. The molecule has 0 aliphatic carbocycles. The second-order valence-electron chi connectivity index (χ2n) is 4.94. The number of aryl methyl sites for hydroxylation is 1. The maximum atomic E-state index is 12.1. The van der Waals surface area contributed by atoms with Crippen molar-refractivity contribution in [2.75, 3.05) is 20.3 Å². The maximum absolute atomic E-state index is 12.1. The van der Waals surface area contributed by atoms with Crippen molar-refractivity contribution in [3.63, 3.8) is 0 Å². The van der Waals surface area contributed by atoms with Gasteiger partial charge in [-0.2, -0.15) is 0 Å². The van der Waals surface area contributed by atoms with Gasteiger partial charge in [-0.1, -0.05) is 12.1 Å². The molecule has 0 bridgehead atoms. The molecular formula is C16H16N2O2S. The van der Waals surface area contributed by atoms with Gasteiger partial charge in [0.15, 0.2) is 0 Å². The van der Waals surface area contributed by atoms with E-state index in [-0.39, 0.29) is 5.91 Å². The van der Waals surface area contributed by atoms with Crippen molar-refractivity contribution in [3.05, 3.63) is 40.8 Å². The number of rotatable bonds is 4. The highest BCUT2D eigenvalue weighted by molar-refractivity contribution is 7.20. The third kappa shape index (κ3) is 2.89. The lowest BCUT2D eigenvalue weighted by atomic mass is 10.1. The summed E-state index contributed by atoms with van der Waals surface area (Å²) < 4.78 is 4.93. The molecule has 21 heavy (non-hydrogen) atoms. The van der Waals surface area contributed by atoms with E-state index in [4.69, 9.17) is 4.74 Å². The van der Waals surface area contributed by atoms with Crippen molar-refractivity contribution in [2.24, 2.45) is 0 Å². The number of methoxy groups -OCH3 is 1. The predicted octanol–water partition coefficient (Wildman–Crippen LogP) is 3.13. The van der Waals surface area contributed by atoms with Crippen molar-refractivity contribution >= 4 is 38.4 Å². The topological polar surface area (TPSA) is 51.2 Å². The van der Waals surface area contributed by atoms with Crippen LogP contribution in [0.2, 0.25) is 0 Å². The summed E-state index contributed by atoms with van der Waals surface area (Å²) in [5.74, 6) is -0.0738. The first kappa shape index (κ1) is 14.0. The number of pyridine rings is 1. The van der Waals surface area contributed by atoms with Gasteiger partial charge in [0.25, 0.3) is 5.91 Å². The fourth-order valence-electron chi connectivity index (χ4n) is 2.20. The lowest BCUT2D eigenvalue weighted by Crippen LogP contribution is -2.26. The van der Waals surface area contributed by atoms with Crippen molar-refractivity contribution in [2.45, 2.75) is 6.92 Å². The number of nitrogens with zero attached hydrogens (tertiary/aromatic N) is 1. The van der Waals surface area contributed by atoms with Gasteiger partial charge in [0, 0.05) is 24.4 Å². The third-order valence-electron chi connectivity index (χ3n) is 3.27. The number of hydrogen-bond donors (Lipinski definition) is 1. The van der Waals surface area contributed by atoms with Crippen LogP contribution in [0, 0.1) is 6.92 Å². The molecule has 0 unspecified atom stereocenters. The number of fused-ring (bicyclic) bond motifs is 2. The lowest BCUT2D eigenvalue weighted by molar-refractivity contribution is 0.0941. The Balaban J connectivity index is 1.95. The zero-order valence-corrected chi connectivity index (χ0v) is 12.8. The highest BCUT2D eigenvalue weighted by atomic mass is 32.1. The summed E-state index contributed by atoms with van der Waals surface area (Å²) in [4.78, 5) is 18.3. The van der Waals surface area contributed by atoms with Gasteiger partial charge in [-0.3, -0.25) is 4.79 Å². The quantitative estimate of drug-likeness (QED) is 0.753. The van der Waals surface area contributed by atoms with Gasteiger partial charge < -0.3 is 10.1 Å². The molecule has 3 aromatic rings. The molecule has 1 aromatic carbocycles. The fourth-order valence-corrected chi connectivity index (χ4v) is 3.14. The van der Waals surface area contributed by atoms with Crippen LogP contribution in [0.25, 0.3) is 21.1 Å². The Morgan fingerprint density at radius 3 is 2.95 bits per heavy atom. The summed E-state index contributed by atoms with van der Waals surface area (Å²) in [5.41, 5.74) is 2.15. The highest BCUT2D eigenvalue weighted by Gasteiger charge is 2.11. The van der Waals surface area contributed by atoms with Crippen LogP contribution in [0.15, 0.2) is 30.3 Å². The minimum Gasteiger partial charge on any atom is -0.383 e. The Hall–Kier alpha value is -1.98. The number of nitrogens with one attached hydrogen (secondary N) is 1. The number of amides is 1. The second kappa shape index (κ2) is 5.79. The number of aromatic nitrogens is 1. The van der Waals surface area contributed by atoms with Crippen molar-refractivity contribution in [1.29, 1.82) is 0 Å². The van der Waals surface area contributed by atoms with E-state index < -0.39 is 0 Å². The molecule has 0 aliphatic rings.